The number of alkyl halides is 3. The summed E-state index contributed by atoms with van der Waals surface area (Å²) in [6.45, 7) is 3.51. The average molecular weight is 579 g/mol. The summed E-state index contributed by atoms with van der Waals surface area (Å²) < 4.78 is 42.0. The molecule has 3 N–H and O–H groups in total. The summed E-state index contributed by atoms with van der Waals surface area (Å²) in [5.41, 5.74) is 2.48. The fraction of sp³-hybridized carbons (Fsp3) is 0.323. The Kier molecular flexibility index (Phi) is 8.33. The van der Waals surface area contributed by atoms with Crippen molar-refractivity contribution >= 4 is 34.1 Å². The number of likely N-dealkylation sites (N-methyl/N-ethyl adjacent to an activating group) is 1. The molecule has 0 bridgehead atoms. The predicted octanol–water partition coefficient (Wildman–Crippen LogP) is 5.78. The Morgan fingerprint density at radius 2 is 1.90 bits per heavy atom. The maximum atomic E-state index is 14.0. The Bertz CT molecular complexity index is 1610. The van der Waals surface area contributed by atoms with Crippen LogP contribution in [-0.4, -0.2) is 64.7 Å². The van der Waals surface area contributed by atoms with Crippen molar-refractivity contribution < 1.29 is 22.8 Å². The number of Topliss-reactive ketones (excluding diaryl/α,β-unsaturated/α-hetero) is 1. The second kappa shape index (κ2) is 11.9. The third-order valence-electron chi connectivity index (χ3n) is 7.58. The van der Waals surface area contributed by atoms with E-state index in [9.17, 15) is 22.8 Å². The van der Waals surface area contributed by atoms with Crippen LogP contribution < -0.4 is 10.6 Å². The van der Waals surface area contributed by atoms with Crippen LogP contribution in [0.5, 0.6) is 0 Å². The van der Waals surface area contributed by atoms with Crippen LogP contribution in [0, 0.1) is 0 Å². The number of aromatic nitrogens is 2. The summed E-state index contributed by atoms with van der Waals surface area (Å²) in [5.74, 6) is -0.693. The molecule has 0 saturated carbocycles. The number of amides is 1. The number of hydrogen-bond acceptors (Lipinski definition) is 6. The predicted molar refractivity (Wildman–Crippen MR) is 157 cm³/mol. The van der Waals surface area contributed by atoms with Crippen LogP contribution in [0.3, 0.4) is 0 Å². The van der Waals surface area contributed by atoms with Gasteiger partial charge in [-0.25, -0.2) is 4.98 Å². The Hall–Kier alpha value is -4.22. The van der Waals surface area contributed by atoms with Crippen LogP contribution in [0.2, 0.25) is 0 Å². The largest absolute Gasteiger partial charge is 0.416 e. The van der Waals surface area contributed by atoms with E-state index >= 15 is 0 Å². The molecule has 11 heteroatoms. The molecule has 1 aliphatic heterocycles. The summed E-state index contributed by atoms with van der Waals surface area (Å²) in [4.78, 5) is 36.0. The molecular weight excluding hydrogens is 545 g/mol. The first-order chi connectivity index (χ1) is 20.0. The molecule has 4 aromatic rings. The lowest BCUT2D eigenvalue weighted by Gasteiger charge is -2.22. The molecule has 5 rings (SSSR count). The SMILES string of the molecule is CC(=O)c1cc2cc(NCc3cccc(NC(=O)c4ccc(CN5CC[C@H](N(C)C)C5)c(C(F)(F)F)c4)c3)cnc2[nH]1. The van der Waals surface area contributed by atoms with Crippen molar-refractivity contribution in [2.45, 2.75) is 38.7 Å². The van der Waals surface area contributed by atoms with E-state index in [2.05, 4.69) is 25.5 Å². The van der Waals surface area contributed by atoms with E-state index in [1.807, 2.05) is 31.1 Å². The van der Waals surface area contributed by atoms with Crippen LogP contribution in [0.4, 0.5) is 24.5 Å². The van der Waals surface area contributed by atoms with Gasteiger partial charge in [-0.2, -0.15) is 13.2 Å². The van der Waals surface area contributed by atoms with E-state index in [0.29, 0.717) is 36.2 Å². The minimum absolute atomic E-state index is 0.0574. The molecule has 42 heavy (non-hydrogen) atoms. The van der Waals surface area contributed by atoms with Crippen molar-refractivity contribution in [3.8, 4) is 0 Å². The van der Waals surface area contributed by atoms with Crippen molar-refractivity contribution in [1.29, 1.82) is 0 Å². The number of halogens is 3. The third kappa shape index (κ3) is 6.80. The Balaban J connectivity index is 1.25. The Morgan fingerprint density at radius 3 is 2.62 bits per heavy atom. The van der Waals surface area contributed by atoms with Gasteiger partial charge in [-0.1, -0.05) is 18.2 Å². The molecule has 2 aromatic heterocycles. The Morgan fingerprint density at radius 1 is 1.10 bits per heavy atom. The number of nitrogens with one attached hydrogen (secondary N) is 3. The zero-order valence-electron chi connectivity index (χ0n) is 23.7. The van der Waals surface area contributed by atoms with Gasteiger partial charge < -0.3 is 20.5 Å². The quantitative estimate of drug-likeness (QED) is 0.218. The summed E-state index contributed by atoms with van der Waals surface area (Å²) in [5, 5.41) is 6.79. The zero-order valence-corrected chi connectivity index (χ0v) is 23.7. The number of pyridine rings is 1. The lowest BCUT2D eigenvalue weighted by Crippen LogP contribution is -2.31. The number of nitrogens with zero attached hydrogens (tertiary/aromatic N) is 3. The van der Waals surface area contributed by atoms with E-state index in [1.165, 1.54) is 19.1 Å². The lowest BCUT2D eigenvalue weighted by atomic mass is 10.0. The van der Waals surface area contributed by atoms with Gasteiger partial charge in [0.25, 0.3) is 5.91 Å². The van der Waals surface area contributed by atoms with Gasteiger partial charge in [-0.15, -0.1) is 0 Å². The molecule has 0 spiro atoms. The van der Waals surface area contributed by atoms with Gasteiger partial charge in [0, 0.05) is 55.8 Å². The summed E-state index contributed by atoms with van der Waals surface area (Å²) in [6.07, 6.45) is -2.02. The number of hydrogen-bond donors (Lipinski definition) is 3. The number of carbonyl (C=O) groups is 2. The molecule has 0 aliphatic carbocycles. The highest BCUT2D eigenvalue weighted by molar-refractivity contribution is 6.04. The molecule has 0 radical (unpaired) electrons. The van der Waals surface area contributed by atoms with E-state index in [0.717, 1.165) is 35.7 Å². The molecule has 1 saturated heterocycles. The number of rotatable bonds is 9. The minimum atomic E-state index is -4.58. The van der Waals surface area contributed by atoms with Crippen LogP contribution >= 0.6 is 0 Å². The first kappa shape index (κ1) is 29.3. The van der Waals surface area contributed by atoms with Gasteiger partial charge in [0.05, 0.1) is 23.1 Å². The topological polar surface area (TPSA) is 93.4 Å². The number of anilines is 2. The van der Waals surface area contributed by atoms with Crippen molar-refractivity contribution in [1.82, 2.24) is 19.8 Å². The Labute approximate surface area is 241 Å². The van der Waals surface area contributed by atoms with Crippen LogP contribution in [0.15, 0.2) is 60.8 Å². The maximum Gasteiger partial charge on any atom is 0.416 e. The number of carbonyl (C=O) groups excluding carboxylic acids is 2. The number of benzene rings is 2. The fourth-order valence-corrected chi connectivity index (χ4v) is 5.21. The van der Waals surface area contributed by atoms with Crippen LogP contribution in [0.25, 0.3) is 11.0 Å². The normalized spacial score (nSPS) is 15.8. The number of likely N-dealkylation sites (tertiary alicyclic amines) is 1. The summed E-state index contributed by atoms with van der Waals surface area (Å²) in [7, 11) is 3.95. The molecule has 1 atom stereocenters. The first-order valence-corrected chi connectivity index (χ1v) is 13.7. The van der Waals surface area contributed by atoms with Crippen molar-refractivity contribution in [2.24, 2.45) is 0 Å². The highest BCUT2D eigenvalue weighted by atomic mass is 19.4. The van der Waals surface area contributed by atoms with Crippen LogP contribution in [-0.2, 0) is 19.3 Å². The van der Waals surface area contributed by atoms with Crippen molar-refractivity contribution in [3.63, 3.8) is 0 Å². The number of fused-ring (bicyclic) bond motifs is 1. The second-order valence-corrected chi connectivity index (χ2v) is 10.9. The van der Waals surface area contributed by atoms with E-state index in [1.54, 1.807) is 30.5 Å². The minimum Gasteiger partial charge on any atom is -0.380 e. The van der Waals surface area contributed by atoms with E-state index in [4.69, 9.17) is 0 Å². The molecule has 2 aromatic carbocycles. The molecule has 0 unspecified atom stereocenters. The van der Waals surface area contributed by atoms with Crippen molar-refractivity contribution in [2.75, 3.05) is 37.8 Å². The van der Waals surface area contributed by atoms with Gasteiger partial charge in [0.15, 0.2) is 5.78 Å². The van der Waals surface area contributed by atoms with E-state index in [-0.39, 0.29) is 23.5 Å². The molecule has 3 heterocycles. The lowest BCUT2D eigenvalue weighted by molar-refractivity contribution is -0.138. The first-order valence-electron chi connectivity index (χ1n) is 13.7. The monoisotopic (exact) mass is 578 g/mol. The molecular formula is C31H33F3N6O2. The number of ketones is 1. The second-order valence-electron chi connectivity index (χ2n) is 10.9. The molecule has 1 amide bonds. The third-order valence-corrected chi connectivity index (χ3v) is 7.58. The zero-order chi connectivity index (χ0) is 30.0. The van der Waals surface area contributed by atoms with Crippen LogP contribution in [0.1, 0.15) is 50.9 Å². The highest BCUT2D eigenvalue weighted by Crippen LogP contribution is 2.34. The average Bonchev–Trinajstić information content (AvgIpc) is 3.59. The van der Waals surface area contributed by atoms with Crippen molar-refractivity contribution in [3.05, 3.63) is 88.7 Å². The summed E-state index contributed by atoms with van der Waals surface area (Å²) in [6, 6.07) is 14.8. The number of aromatic amines is 1. The number of H-pyrrole nitrogens is 1. The molecule has 1 fully saturated rings. The van der Waals surface area contributed by atoms with Gasteiger partial charge in [0.1, 0.15) is 5.65 Å². The van der Waals surface area contributed by atoms with Gasteiger partial charge >= 0.3 is 6.18 Å². The standard InChI is InChI=1S/C31H33F3N6O2/c1-19(41)28-14-23-12-25(16-36-29(23)38-28)35-15-20-5-4-6-24(11-20)37-30(42)21-7-8-22(27(13-21)31(32,33)34)17-40-10-9-26(18-40)39(2)3/h4-8,11-14,16,26,35H,9-10,15,17-18H2,1-3H3,(H,36,38)(H,37,42)/t26-/m0/s1. The smallest absolute Gasteiger partial charge is 0.380 e. The van der Waals surface area contributed by atoms with Gasteiger partial charge in [0.2, 0.25) is 0 Å². The molecule has 1 aliphatic rings. The maximum absolute atomic E-state index is 14.0. The molecule has 8 nitrogen and oxygen atoms in total. The summed E-state index contributed by atoms with van der Waals surface area (Å²) >= 11 is 0. The fourth-order valence-electron chi connectivity index (χ4n) is 5.21. The molecule has 220 valence electrons. The van der Waals surface area contributed by atoms with E-state index < -0.39 is 17.6 Å². The highest BCUT2D eigenvalue weighted by Gasteiger charge is 2.35. The van der Waals surface area contributed by atoms with Gasteiger partial charge in [-0.3, -0.25) is 14.5 Å². The van der Waals surface area contributed by atoms with Gasteiger partial charge in [-0.05, 0) is 68.0 Å².